The second kappa shape index (κ2) is 8.91. The molecular formula is C21H21F3N4O3S. The number of halogens is 3. The van der Waals surface area contributed by atoms with Crippen molar-refractivity contribution < 1.29 is 26.3 Å². The lowest BCUT2D eigenvalue weighted by Crippen LogP contribution is -2.23. The largest absolute Gasteiger partial charge is 0.573 e. The van der Waals surface area contributed by atoms with E-state index in [1.807, 2.05) is 36.5 Å². The number of likely N-dealkylation sites (tertiary alicyclic amines) is 1. The molecular weight excluding hydrogens is 445 g/mol. The summed E-state index contributed by atoms with van der Waals surface area (Å²) in [6.45, 7) is 1.80. The Morgan fingerprint density at radius 3 is 2.62 bits per heavy atom. The van der Waals surface area contributed by atoms with Crippen LogP contribution >= 0.6 is 0 Å². The zero-order valence-electron chi connectivity index (χ0n) is 16.9. The maximum Gasteiger partial charge on any atom is 0.573 e. The standard InChI is InChI=1S/C21H21F3N4O3S/c22-21(23,24)31-19-7-4-8-20(11-19)32(29,30)15-16-9-10-27(12-16)13-17-14-28(26-25-17)18-5-2-1-3-6-18/h1-8,11,14,16H,9-10,12-13,15H2/t16-/m1/s1. The molecule has 2 heterocycles. The van der Waals surface area contributed by atoms with Crippen molar-refractivity contribution in [1.82, 2.24) is 19.9 Å². The summed E-state index contributed by atoms with van der Waals surface area (Å²) in [6, 6.07) is 14.1. The third-order valence-electron chi connectivity index (χ3n) is 5.17. The Morgan fingerprint density at radius 1 is 1.09 bits per heavy atom. The van der Waals surface area contributed by atoms with Crippen molar-refractivity contribution in [2.45, 2.75) is 24.2 Å². The molecule has 1 aromatic heterocycles. The molecule has 32 heavy (non-hydrogen) atoms. The second-order valence-corrected chi connectivity index (χ2v) is 9.72. The van der Waals surface area contributed by atoms with Crippen LogP contribution in [-0.2, 0) is 16.4 Å². The molecule has 0 spiro atoms. The molecule has 11 heteroatoms. The molecule has 4 rings (SSSR count). The van der Waals surface area contributed by atoms with Crippen LogP contribution in [-0.4, -0.2) is 53.5 Å². The van der Waals surface area contributed by atoms with E-state index in [9.17, 15) is 21.6 Å². The fourth-order valence-electron chi connectivity index (χ4n) is 3.77. The van der Waals surface area contributed by atoms with Gasteiger partial charge in [-0.1, -0.05) is 29.5 Å². The second-order valence-electron chi connectivity index (χ2n) is 7.68. The van der Waals surface area contributed by atoms with Crippen molar-refractivity contribution in [3.05, 3.63) is 66.5 Å². The highest BCUT2D eigenvalue weighted by Gasteiger charge is 2.32. The first-order valence-corrected chi connectivity index (χ1v) is 11.6. The van der Waals surface area contributed by atoms with Crippen LogP contribution in [0.1, 0.15) is 12.1 Å². The van der Waals surface area contributed by atoms with Gasteiger partial charge in [-0.05, 0) is 49.2 Å². The highest BCUT2D eigenvalue weighted by molar-refractivity contribution is 7.91. The first kappa shape index (κ1) is 22.3. The zero-order chi connectivity index (χ0) is 22.8. The maximum absolute atomic E-state index is 12.8. The van der Waals surface area contributed by atoms with E-state index in [0.29, 0.717) is 26.1 Å². The lowest BCUT2D eigenvalue weighted by atomic mass is 10.2. The van der Waals surface area contributed by atoms with Crippen LogP contribution in [0.15, 0.2) is 65.7 Å². The van der Waals surface area contributed by atoms with E-state index >= 15 is 0 Å². The summed E-state index contributed by atoms with van der Waals surface area (Å²) in [4.78, 5) is 1.92. The van der Waals surface area contributed by atoms with E-state index in [2.05, 4.69) is 19.9 Å². The number of benzene rings is 2. The van der Waals surface area contributed by atoms with Gasteiger partial charge in [-0.3, -0.25) is 4.90 Å². The quantitative estimate of drug-likeness (QED) is 0.531. The predicted molar refractivity (Wildman–Crippen MR) is 110 cm³/mol. The Bertz CT molecular complexity index is 1170. The van der Waals surface area contributed by atoms with Gasteiger partial charge in [0.2, 0.25) is 0 Å². The highest BCUT2D eigenvalue weighted by atomic mass is 32.2. The van der Waals surface area contributed by atoms with Crippen molar-refractivity contribution in [2.24, 2.45) is 5.92 Å². The lowest BCUT2D eigenvalue weighted by Gasteiger charge is -2.15. The summed E-state index contributed by atoms with van der Waals surface area (Å²) in [5, 5.41) is 8.32. The SMILES string of the molecule is O=S(=O)(C[C@@H]1CCN(Cc2cn(-c3ccccc3)nn2)C1)c1cccc(OC(F)(F)F)c1. The molecule has 0 radical (unpaired) electrons. The van der Waals surface area contributed by atoms with Crippen LogP contribution in [0.3, 0.4) is 0 Å². The summed E-state index contributed by atoms with van der Waals surface area (Å²) >= 11 is 0. The van der Waals surface area contributed by atoms with Gasteiger partial charge in [0.25, 0.3) is 0 Å². The van der Waals surface area contributed by atoms with Crippen LogP contribution in [0.4, 0.5) is 13.2 Å². The molecule has 170 valence electrons. The lowest BCUT2D eigenvalue weighted by molar-refractivity contribution is -0.274. The minimum absolute atomic E-state index is 0.128. The Labute approximate surface area is 183 Å². The predicted octanol–water partition coefficient (Wildman–Crippen LogP) is 3.46. The van der Waals surface area contributed by atoms with Gasteiger partial charge in [-0.15, -0.1) is 18.3 Å². The number of nitrogens with zero attached hydrogens (tertiary/aromatic N) is 4. The third-order valence-corrected chi connectivity index (χ3v) is 7.05. The number of sulfone groups is 1. The molecule has 0 bridgehead atoms. The summed E-state index contributed by atoms with van der Waals surface area (Å²) in [5.41, 5.74) is 1.67. The normalized spacial score (nSPS) is 17.5. The van der Waals surface area contributed by atoms with E-state index in [4.69, 9.17) is 0 Å². The van der Waals surface area contributed by atoms with Crippen LogP contribution in [0.25, 0.3) is 5.69 Å². The number of alkyl halides is 3. The monoisotopic (exact) mass is 466 g/mol. The molecule has 2 aromatic carbocycles. The summed E-state index contributed by atoms with van der Waals surface area (Å²) < 4.78 is 68.3. The average molecular weight is 466 g/mol. The molecule has 0 N–H and O–H groups in total. The number of rotatable bonds is 7. The summed E-state index contributed by atoms with van der Waals surface area (Å²) in [6.07, 6.45) is -2.37. The minimum atomic E-state index is -4.88. The average Bonchev–Trinajstić information content (AvgIpc) is 3.37. The van der Waals surface area contributed by atoms with Crippen molar-refractivity contribution in [1.29, 1.82) is 0 Å². The van der Waals surface area contributed by atoms with Gasteiger partial charge in [0.05, 0.1) is 28.2 Å². The molecule has 3 aromatic rings. The van der Waals surface area contributed by atoms with Gasteiger partial charge in [0, 0.05) is 13.1 Å². The molecule has 1 fully saturated rings. The van der Waals surface area contributed by atoms with Crippen LogP contribution < -0.4 is 4.74 Å². The molecule has 7 nitrogen and oxygen atoms in total. The highest BCUT2D eigenvalue weighted by Crippen LogP contribution is 2.27. The van der Waals surface area contributed by atoms with Crippen molar-refractivity contribution in [3.8, 4) is 11.4 Å². The van der Waals surface area contributed by atoms with E-state index < -0.39 is 21.9 Å². The van der Waals surface area contributed by atoms with Crippen LogP contribution in [0.5, 0.6) is 5.75 Å². The number of hydrogen-bond acceptors (Lipinski definition) is 6. The molecule has 0 unspecified atom stereocenters. The van der Waals surface area contributed by atoms with E-state index in [1.54, 1.807) is 4.68 Å². The Balaban J connectivity index is 1.36. The van der Waals surface area contributed by atoms with Gasteiger partial charge in [0.1, 0.15) is 5.75 Å². The van der Waals surface area contributed by atoms with E-state index in [1.165, 1.54) is 12.1 Å². The van der Waals surface area contributed by atoms with Crippen molar-refractivity contribution >= 4 is 9.84 Å². The smallest absolute Gasteiger partial charge is 0.406 e. The molecule has 0 saturated carbocycles. The maximum atomic E-state index is 12.8. The van der Waals surface area contributed by atoms with Crippen LogP contribution in [0, 0.1) is 5.92 Å². The Hall–Kier alpha value is -2.92. The minimum Gasteiger partial charge on any atom is -0.406 e. The van der Waals surface area contributed by atoms with Crippen molar-refractivity contribution in [2.75, 3.05) is 18.8 Å². The first-order valence-electron chi connectivity index (χ1n) is 9.95. The van der Waals surface area contributed by atoms with Gasteiger partial charge >= 0.3 is 6.36 Å². The van der Waals surface area contributed by atoms with Gasteiger partial charge in [-0.25, -0.2) is 13.1 Å². The molecule has 0 amide bonds. The Kier molecular flexibility index (Phi) is 6.20. The number of hydrogen-bond donors (Lipinski definition) is 0. The van der Waals surface area contributed by atoms with Gasteiger partial charge < -0.3 is 4.74 Å². The summed E-state index contributed by atoms with van der Waals surface area (Å²) in [5.74, 6) is -0.820. The fraction of sp³-hybridized carbons (Fsp3) is 0.333. The van der Waals surface area contributed by atoms with E-state index in [-0.39, 0.29) is 16.6 Å². The zero-order valence-corrected chi connectivity index (χ0v) is 17.8. The number of para-hydroxylation sites is 1. The third kappa shape index (κ3) is 5.65. The molecule has 1 aliphatic rings. The van der Waals surface area contributed by atoms with Crippen LogP contribution in [0.2, 0.25) is 0 Å². The number of ether oxygens (including phenoxy) is 1. The van der Waals surface area contributed by atoms with Crippen molar-refractivity contribution in [3.63, 3.8) is 0 Å². The number of aromatic nitrogens is 3. The summed E-state index contributed by atoms with van der Waals surface area (Å²) in [7, 11) is -3.76. The molecule has 1 atom stereocenters. The van der Waals surface area contributed by atoms with E-state index in [0.717, 1.165) is 23.5 Å². The Morgan fingerprint density at radius 2 is 1.88 bits per heavy atom. The van der Waals surface area contributed by atoms with Gasteiger partial charge in [-0.2, -0.15) is 0 Å². The first-order chi connectivity index (χ1) is 15.2. The van der Waals surface area contributed by atoms with Gasteiger partial charge in [0.15, 0.2) is 9.84 Å². The fourth-order valence-corrected chi connectivity index (χ4v) is 5.44. The molecule has 0 aliphatic carbocycles. The molecule has 1 aliphatic heterocycles. The topological polar surface area (TPSA) is 77.3 Å². The molecule has 1 saturated heterocycles.